The Labute approximate surface area is 208 Å². The summed E-state index contributed by atoms with van der Waals surface area (Å²) in [5, 5.41) is 6.31. The van der Waals surface area contributed by atoms with Crippen molar-refractivity contribution in [3.8, 4) is 17.1 Å². The Morgan fingerprint density at radius 2 is 2.06 bits per heavy atom. The Balaban J connectivity index is 1.13. The normalized spacial score (nSPS) is 17.1. The largest absolute Gasteiger partial charge is 0.481 e. The number of fused-ring (bicyclic) bond motifs is 1. The number of methoxy groups -OCH3 is 1. The van der Waals surface area contributed by atoms with E-state index in [1.165, 1.54) is 11.8 Å². The molecular weight excluding hydrogens is 464 g/mol. The number of cyclic esters (lactones) is 1. The number of hydrogen-bond donors (Lipinski definition) is 2. The van der Waals surface area contributed by atoms with Crippen LogP contribution in [0.2, 0.25) is 0 Å². The van der Waals surface area contributed by atoms with Crippen LogP contribution in [-0.2, 0) is 16.1 Å². The molecule has 0 spiro atoms. The van der Waals surface area contributed by atoms with Crippen molar-refractivity contribution in [1.29, 1.82) is 0 Å². The number of benzene rings is 2. The second-order valence-corrected chi connectivity index (χ2v) is 9.38. The topological polar surface area (TPSA) is 92.8 Å². The van der Waals surface area contributed by atoms with Gasteiger partial charge in [-0.1, -0.05) is 24.3 Å². The van der Waals surface area contributed by atoms with Gasteiger partial charge in [0, 0.05) is 28.8 Å². The van der Waals surface area contributed by atoms with Crippen LogP contribution in [0.25, 0.3) is 11.3 Å². The van der Waals surface area contributed by atoms with Gasteiger partial charge in [-0.15, -0.1) is 11.8 Å². The maximum atomic E-state index is 12.5. The van der Waals surface area contributed by atoms with E-state index in [0.29, 0.717) is 37.7 Å². The number of amides is 2. The molecule has 1 atom stereocenters. The lowest BCUT2D eigenvalue weighted by molar-refractivity contribution is -0.113. The molecule has 3 aromatic rings. The second kappa shape index (κ2) is 10.4. The van der Waals surface area contributed by atoms with Crippen LogP contribution in [-0.4, -0.2) is 49.0 Å². The molecule has 0 bridgehead atoms. The summed E-state index contributed by atoms with van der Waals surface area (Å²) in [6, 6.07) is 19.6. The molecule has 2 aromatic carbocycles. The van der Waals surface area contributed by atoms with Crippen LogP contribution < -0.4 is 20.3 Å². The zero-order chi connectivity index (χ0) is 24.2. The van der Waals surface area contributed by atoms with Crippen LogP contribution in [0.15, 0.2) is 65.6 Å². The molecule has 1 fully saturated rings. The molecule has 0 aliphatic carbocycles. The molecule has 2 amide bonds. The van der Waals surface area contributed by atoms with Gasteiger partial charge < -0.3 is 20.1 Å². The van der Waals surface area contributed by atoms with Crippen LogP contribution in [0.5, 0.6) is 5.88 Å². The number of carbonyl (C=O) groups is 2. The van der Waals surface area contributed by atoms with E-state index in [-0.39, 0.29) is 18.1 Å². The molecule has 35 heavy (non-hydrogen) atoms. The third kappa shape index (κ3) is 5.41. The van der Waals surface area contributed by atoms with Crippen LogP contribution in [0, 0.1) is 0 Å². The van der Waals surface area contributed by atoms with E-state index in [1.54, 1.807) is 12.0 Å². The number of carbonyl (C=O) groups excluding carboxylic acids is 2. The molecule has 1 saturated heterocycles. The van der Waals surface area contributed by atoms with Crippen molar-refractivity contribution >= 4 is 35.1 Å². The average molecular weight is 491 g/mol. The van der Waals surface area contributed by atoms with Gasteiger partial charge in [0.25, 0.3) is 0 Å². The molecule has 0 unspecified atom stereocenters. The van der Waals surface area contributed by atoms with Crippen molar-refractivity contribution in [1.82, 2.24) is 10.3 Å². The molecular formula is C26H26N4O4S. The Morgan fingerprint density at radius 3 is 2.94 bits per heavy atom. The summed E-state index contributed by atoms with van der Waals surface area (Å²) in [4.78, 5) is 31.3. The first kappa shape index (κ1) is 23.2. The van der Waals surface area contributed by atoms with Crippen molar-refractivity contribution in [2.45, 2.75) is 24.0 Å². The minimum Gasteiger partial charge on any atom is -0.481 e. The number of pyridine rings is 1. The van der Waals surface area contributed by atoms with E-state index in [2.05, 4.69) is 27.8 Å². The van der Waals surface area contributed by atoms with E-state index in [0.717, 1.165) is 33.1 Å². The number of hydrogen-bond acceptors (Lipinski definition) is 7. The van der Waals surface area contributed by atoms with E-state index in [9.17, 15) is 9.59 Å². The molecule has 9 heteroatoms. The predicted octanol–water partition coefficient (Wildman–Crippen LogP) is 4.31. The van der Waals surface area contributed by atoms with E-state index < -0.39 is 0 Å². The molecule has 2 aliphatic heterocycles. The van der Waals surface area contributed by atoms with Crippen LogP contribution in [0.3, 0.4) is 0 Å². The monoisotopic (exact) mass is 490 g/mol. The van der Waals surface area contributed by atoms with Gasteiger partial charge in [0.15, 0.2) is 0 Å². The first-order valence-corrected chi connectivity index (χ1v) is 12.4. The number of nitrogens with zero attached hydrogens (tertiary/aromatic N) is 2. The molecule has 3 heterocycles. The average Bonchev–Trinajstić information content (AvgIpc) is 3.26. The Morgan fingerprint density at radius 1 is 1.17 bits per heavy atom. The molecule has 8 nitrogen and oxygen atoms in total. The smallest absolute Gasteiger partial charge is 0.414 e. The predicted molar refractivity (Wildman–Crippen MR) is 136 cm³/mol. The van der Waals surface area contributed by atoms with Gasteiger partial charge in [-0.25, -0.2) is 9.78 Å². The Kier molecular flexibility index (Phi) is 6.87. The second-order valence-electron chi connectivity index (χ2n) is 8.36. The highest BCUT2D eigenvalue weighted by atomic mass is 32.2. The number of rotatable bonds is 8. The Bertz CT molecular complexity index is 1250. The summed E-state index contributed by atoms with van der Waals surface area (Å²) < 4.78 is 10.8. The molecule has 0 radical (unpaired) electrons. The number of aromatic nitrogens is 1. The lowest BCUT2D eigenvalue weighted by Crippen LogP contribution is -2.26. The van der Waals surface area contributed by atoms with Gasteiger partial charge in [-0.05, 0) is 48.9 Å². The van der Waals surface area contributed by atoms with Gasteiger partial charge in [-0.2, -0.15) is 0 Å². The lowest BCUT2D eigenvalue weighted by Gasteiger charge is -2.20. The standard InChI is InChI=1S/C26H26N4O4S/c1-33-25-7-3-6-21(29-25)18-5-2-4-17(12-18)14-27-11-10-20-15-30(26(32)34-20)19-8-9-23-22(13-19)28-24(31)16-35-23/h2-9,12-13,20,27H,10-11,14-16H2,1H3,(H,28,31)/t20-/m0/s1. The van der Waals surface area contributed by atoms with Crippen molar-refractivity contribution in [2.75, 3.05) is 36.2 Å². The zero-order valence-corrected chi connectivity index (χ0v) is 20.1. The van der Waals surface area contributed by atoms with Gasteiger partial charge >= 0.3 is 6.09 Å². The van der Waals surface area contributed by atoms with Gasteiger partial charge in [0.05, 0.1) is 30.8 Å². The summed E-state index contributed by atoms with van der Waals surface area (Å²) in [6.07, 6.45) is 0.155. The van der Waals surface area contributed by atoms with Crippen LogP contribution in [0.1, 0.15) is 12.0 Å². The molecule has 180 valence electrons. The van der Waals surface area contributed by atoms with E-state index in [4.69, 9.17) is 9.47 Å². The number of anilines is 2. The van der Waals surface area contributed by atoms with Crippen LogP contribution in [0.4, 0.5) is 16.2 Å². The highest BCUT2D eigenvalue weighted by Gasteiger charge is 2.32. The fraction of sp³-hybridized carbons (Fsp3) is 0.269. The molecule has 2 N–H and O–H groups in total. The summed E-state index contributed by atoms with van der Waals surface area (Å²) in [7, 11) is 1.61. The third-order valence-electron chi connectivity index (χ3n) is 5.91. The van der Waals surface area contributed by atoms with Gasteiger partial charge in [0.2, 0.25) is 11.8 Å². The minimum atomic E-state index is -0.358. The number of ether oxygens (including phenoxy) is 2. The van der Waals surface area contributed by atoms with Crippen molar-refractivity contribution in [2.24, 2.45) is 0 Å². The highest BCUT2D eigenvalue weighted by Crippen LogP contribution is 2.35. The minimum absolute atomic E-state index is 0.0297. The molecule has 5 rings (SSSR count). The maximum absolute atomic E-state index is 12.5. The van der Waals surface area contributed by atoms with E-state index >= 15 is 0 Å². The fourth-order valence-electron chi connectivity index (χ4n) is 4.15. The summed E-state index contributed by atoms with van der Waals surface area (Å²) in [5.74, 6) is 0.970. The lowest BCUT2D eigenvalue weighted by atomic mass is 10.1. The first-order valence-electron chi connectivity index (χ1n) is 11.4. The van der Waals surface area contributed by atoms with Crippen LogP contribution >= 0.6 is 11.8 Å². The summed E-state index contributed by atoms with van der Waals surface area (Å²) in [5.41, 5.74) is 4.52. The molecule has 0 saturated carbocycles. The molecule has 1 aromatic heterocycles. The first-order chi connectivity index (χ1) is 17.1. The summed E-state index contributed by atoms with van der Waals surface area (Å²) >= 11 is 1.50. The van der Waals surface area contributed by atoms with Crippen molar-refractivity contribution in [3.63, 3.8) is 0 Å². The fourth-order valence-corrected chi connectivity index (χ4v) is 4.94. The third-order valence-corrected chi connectivity index (χ3v) is 6.98. The summed E-state index contributed by atoms with van der Waals surface area (Å²) in [6.45, 7) is 1.89. The zero-order valence-electron chi connectivity index (χ0n) is 19.3. The Hall–Kier alpha value is -3.56. The highest BCUT2D eigenvalue weighted by molar-refractivity contribution is 8.00. The van der Waals surface area contributed by atoms with Crippen molar-refractivity contribution < 1.29 is 19.1 Å². The molecule has 2 aliphatic rings. The SMILES string of the molecule is COc1cccc(-c2cccc(CNCC[C@H]3CN(c4ccc5c(c4)NC(=O)CS5)C(=O)O3)c2)n1. The van der Waals surface area contributed by atoms with Gasteiger partial charge in [0.1, 0.15) is 6.10 Å². The van der Waals surface area contributed by atoms with Crippen molar-refractivity contribution in [3.05, 3.63) is 66.2 Å². The van der Waals surface area contributed by atoms with E-state index in [1.807, 2.05) is 48.5 Å². The quantitative estimate of drug-likeness (QED) is 0.455. The van der Waals surface area contributed by atoms with Gasteiger partial charge in [-0.3, -0.25) is 9.69 Å². The number of thioether (sulfide) groups is 1. The maximum Gasteiger partial charge on any atom is 0.414 e. The number of nitrogens with one attached hydrogen (secondary N) is 2.